The van der Waals surface area contributed by atoms with Crippen LogP contribution in [0.4, 0.5) is 0 Å². The normalized spacial score (nSPS) is 17.8. The minimum absolute atomic E-state index is 0.767. The molecule has 1 radical (unpaired) electrons. The SMILES string of the molecule is O=[C]C1=CCC=CC1. The minimum atomic E-state index is 0.767. The maximum absolute atomic E-state index is 9.93. The molecule has 0 fully saturated rings. The summed E-state index contributed by atoms with van der Waals surface area (Å²) < 4.78 is 0. The van der Waals surface area contributed by atoms with Crippen molar-refractivity contribution in [3.8, 4) is 0 Å². The Morgan fingerprint density at radius 1 is 1.50 bits per heavy atom. The van der Waals surface area contributed by atoms with Gasteiger partial charge in [0.05, 0.1) is 0 Å². The number of allylic oxidation sites excluding steroid dienone is 4. The monoisotopic (exact) mass is 107 g/mol. The van der Waals surface area contributed by atoms with E-state index in [1.807, 2.05) is 24.5 Å². The van der Waals surface area contributed by atoms with Crippen LogP contribution in [0.1, 0.15) is 12.8 Å². The summed E-state index contributed by atoms with van der Waals surface area (Å²) in [6, 6.07) is 0. The first-order chi connectivity index (χ1) is 3.93. The molecule has 0 aromatic heterocycles. The van der Waals surface area contributed by atoms with E-state index in [0.29, 0.717) is 0 Å². The largest absolute Gasteiger partial charge is 0.285 e. The standard InChI is InChI=1S/C7H7O/c8-6-7-4-2-1-3-5-7/h1-2,5H,3-4H2. The van der Waals surface area contributed by atoms with Crippen LogP contribution in [-0.4, -0.2) is 6.29 Å². The average Bonchev–Trinajstić information content (AvgIpc) is 1.90. The zero-order valence-corrected chi connectivity index (χ0v) is 4.55. The fraction of sp³-hybridized carbons (Fsp3) is 0.286. The zero-order chi connectivity index (χ0) is 5.82. The molecule has 0 saturated heterocycles. The molecule has 8 heavy (non-hydrogen) atoms. The van der Waals surface area contributed by atoms with Crippen LogP contribution in [0.5, 0.6) is 0 Å². The van der Waals surface area contributed by atoms with Crippen molar-refractivity contribution in [2.45, 2.75) is 12.8 Å². The lowest BCUT2D eigenvalue weighted by Crippen LogP contribution is -1.85. The summed E-state index contributed by atoms with van der Waals surface area (Å²) in [5.41, 5.74) is 0.785. The van der Waals surface area contributed by atoms with E-state index < -0.39 is 0 Å². The first-order valence-corrected chi connectivity index (χ1v) is 2.65. The highest BCUT2D eigenvalue weighted by Crippen LogP contribution is 2.06. The summed E-state index contributed by atoms with van der Waals surface area (Å²) in [5, 5.41) is 0. The van der Waals surface area contributed by atoms with Gasteiger partial charge >= 0.3 is 0 Å². The lowest BCUT2D eigenvalue weighted by Gasteiger charge is -1.96. The van der Waals surface area contributed by atoms with Gasteiger partial charge in [0.15, 0.2) is 0 Å². The molecule has 0 saturated carbocycles. The Kier molecular flexibility index (Phi) is 1.62. The summed E-state index contributed by atoms with van der Waals surface area (Å²) in [5.74, 6) is 0. The van der Waals surface area contributed by atoms with E-state index in [1.165, 1.54) is 0 Å². The van der Waals surface area contributed by atoms with Crippen molar-refractivity contribution >= 4 is 6.29 Å². The molecule has 0 N–H and O–H groups in total. The van der Waals surface area contributed by atoms with Gasteiger partial charge < -0.3 is 0 Å². The third kappa shape index (κ3) is 1.06. The maximum Gasteiger partial charge on any atom is 0.229 e. The molecule has 0 aromatic carbocycles. The summed E-state index contributed by atoms with van der Waals surface area (Å²) in [7, 11) is 0. The molecule has 1 aliphatic rings. The molecule has 1 heteroatoms. The van der Waals surface area contributed by atoms with Crippen LogP contribution >= 0.6 is 0 Å². The molecule has 0 unspecified atom stereocenters. The molecule has 0 heterocycles. The highest BCUT2D eigenvalue weighted by molar-refractivity contribution is 5.74. The third-order valence-corrected chi connectivity index (χ3v) is 1.14. The molecule has 0 spiro atoms. The molecule has 0 aromatic rings. The molecule has 0 bridgehead atoms. The van der Waals surface area contributed by atoms with Gasteiger partial charge in [-0.15, -0.1) is 0 Å². The highest BCUT2D eigenvalue weighted by atomic mass is 16.1. The van der Waals surface area contributed by atoms with Crippen molar-refractivity contribution in [1.82, 2.24) is 0 Å². The van der Waals surface area contributed by atoms with E-state index in [1.54, 1.807) is 0 Å². The van der Waals surface area contributed by atoms with Crippen LogP contribution in [0.2, 0.25) is 0 Å². The van der Waals surface area contributed by atoms with Gasteiger partial charge in [0.2, 0.25) is 6.29 Å². The topological polar surface area (TPSA) is 17.1 Å². The molecular formula is C7H7O. The number of carbonyl (C=O) groups excluding carboxylic acids is 1. The van der Waals surface area contributed by atoms with Crippen molar-refractivity contribution in [3.63, 3.8) is 0 Å². The number of rotatable bonds is 1. The summed E-state index contributed by atoms with van der Waals surface area (Å²) in [6.07, 6.45) is 9.45. The predicted molar refractivity (Wildman–Crippen MR) is 32.2 cm³/mol. The fourth-order valence-electron chi connectivity index (χ4n) is 0.683. The molecule has 1 rings (SSSR count). The smallest absolute Gasteiger partial charge is 0.229 e. The van der Waals surface area contributed by atoms with Crippen molar-refractivity contribution in [3.05, 3.63) is 23.8 Å². The highest BCUT2D eigenvalue weighted by Gasteiger charge is 1.94. The molecule has 0 atom stereocenters. The number of hydrogen-bond donors (Lipinski definition) is 0. The quantitative estimate of drug-likeness (QED) is 0.462. The lowest BCUT2D eigenvalue weighted by atomic mass is 10.1. The van der Waals surface area contributed by atoms with E-state index in [2.05, 4.69) is 0 Å². The fourth-order valence-corrected chi connectivity index (χ4v) is 0.683. The molecule has 0 aliphatic heterocycles. The molecule has 41 valence electrons. The van der Waals surface area contributed by atoms with Gasteiger partial charge in [-0.2, -0.15) is 0 Å². The number of hydrogen-bond acceptors (Lipinski definition) is 1. The molecule has 1 nitrogen and oxygen atoms in total. The Morgan fingerprint density at radius 2 is 2.38 bits per heavy atom. The summed E-state index contributed by atoms with van der Waals surface area (Å²) in [4.78, 5) is 9.93. The zero-order valence-electron chi connectivity index (χ0n) is 4.55. The summed E-state index contributed by atoms with van der Waals surface area (Å²) in [6.45, 7) is 0. The lowest BCUT2D eigenvalue weighted by molar-refractivity contribution is 0.561. The minimum Gasteiger partial charge on any atom is -0.285 e. The van der Waals surface area contributed by atoms with Gasteiger partial charge in [0.1, 0.15) is 0 Å². The van der Waals surface area contributed by atoms with Crippen LogP contribution in [0.25, 0.3) is 0 Å². The summed E-state index contributed by atoms with van der Waals surface area (Å²) >= 11 is 0. The average molecular weight is 107 g/mol. The second-order valence-corrected chi connectivity index (χ2v) is 1.74. The predicted octanol–water partition coefficient (Wildman–Crippen LogP) is 1.37. The van der Waals surface area contributed by atoms with E-state index in [9.17, 15) is 4.79 Å². The Labute approximate surface area is 48.7 Å². The van der Waals surface area contributed by atoms with Crippen molar-refractivity contribution < 1.29 is 4.79 Å². The van der Waals surface area contributed by atoms with E-state index >= 15 is 0 Å². The van der Waals surface area contributed by atoms with Crippen molar-refractivity contribution in [1.29, 1.82) is 0 Å². The Bertz CT molecular complexity index is 142. The van der Waals surface area contributed by atoms with E-state index in [4.69, 9.17) is 0 Å². The first kappa shape index (κ1) is 5.29. The van der Waals surface area contributed by atoms with Gasteiger partial charge in [-0.1, -0.05) is 18.2 Å². The molecule has 1 aliphatic carbocycles. The maximum atomic E-state index is 9.93. The van der Waals surface area contributed by atoms with Gasteiger partial charge in [-0.3, -0.25) is 4.79 Å². The van der Waals surface area contributed by atoms with Gasteiger partial charge in [-0.05, 0) is 12.8 Å². The van der Waals surface area contributed by atoms with Crippen molar-refractivity contribution in [2.24, 2.45) is 0 Å². The second-order valence-electron chi connectivity index (χ2n) is 1.74. The van der Waals surface area contributed by atoms with Gasteiger partial charge in [0, 0.05) is 5.57 Å². The van der Waals surface area contributed by atoms with Crippen LogP contribution < -0.4 is 0 Å². The van der Waals surface area contributed by atoms with Gasteiger partial charge in [0.25, 0.3) is 0 Å². The van der Waals surface area contributed by atoms with Crippen LogP contribution in [0.15, 0.2) is 23.8 Å². The van der Waals surface area contributed by atoms with Crippen LogP contribution in [0.3, 0.4) is 0 Å². The Morgan fingerprint density at radius 3 is 2.75 bits per heavy atom. The Hall–Kier alpha value is -0.850. The van der Waals surface area contributed by atoms with Gasteiger partial charge in [-0.25, -0.2) is 0 Å². The molecule has 0 amide bonds. The van der Waals surface area contributed by atoms with Crippen molar-refractivity contribution in [2.75, 3.05) is 0 Å². The van der Waals surface area contributed by atoms with E-state index in [0.717, 1.165) is 18.4 Å². The third-order valence-electron chi connectivity index (χ3n) is 1.14. The van der Waals surface area contributed by atoms with Crippen LogP contribution in [0, 0.1) is 0 Å². The Balaban J connectivity index is 2.55. The molecular weight excluding hydrogens is 100 g/mol. The second kappa shape index (κ2) is 2.46. The van der Waals surface area contributed by atoms with Crippen LogP contribution in [-0.2, 0) is 4.79 Å². The first-order valence-electron chi connectivity index (χ1n) is 2.65. The van der Waals surface area contributed by atoms with E-state index in [-0.39, 0.29) is 0 Å².